The predicted octanol–water partition coefficient (Wildman–Crippen LogP) is 3.43. The van der Waals surface area contributed by atoms with E-state index in [2.05, 4.69) is 0 Å². The van der Waals surface area contributed by atoms with Crippen molar-refractivity contribution in [2.24, 2.45) is 0 Å². The SMILES string of the molecule is COc1ccc(C)cc1CC(O)Cc1cc(F)cc(F)c1. The Morgan fingerprint density at radius 1 is 1.05 bits per heavy atom. The maximum atomic E-state index is 13.1. The molecule has 2 aromatic rings. The first-order chi connectivity index (χ1) is 9.97. The fraction of sp³-hybridized carbons (Fsp3) is 0.294. The zero-order valence-electron chi connectivity index (χ0n) is 12.1. The Labute approximate surface area is 123 Å². The molecule has 0 radical (unpaired) electrons. The van der Waals surface area contributed by atoms with E-state index in [9.17, 15) is 13.9 Å². The number of aliphatic hydroxyl groups is 1. The van der Waals surface area contributed by atoms with Crippen molar-refractivity contribution >= 4 is 0 Å². The lowest BCUT2D eigenvalue weighted by Crippen LogP contribution is -2.15. The predicted molar refractivity (Wildman–Crippen MR) is 77.5 cm³/mol. The monoisotopic (exact) mass is 292 g/mol. The van der Waals surface area contributed by atoms with Gasteiger partial charge in [0, 0.05) is 12.5 Å². The smallest absolute Gasteiger partial charge is 0.126 e. The molecule has 0 saturated carbocycles. The van der Waals surface area contributed by atoms with Gasteiger partial charge in [-0.3, -0.25) is 0 Å². The maximum absolute atomic E-state index is 13.1. The van der Waals surface area contributed by atoms with Gasteiger partial charge in [0.25, 0.3) is 0 Å². The van der Waals surface area contributed by atoms with Crippen LogP contribution in [0.5, 0.6) is 5.75 Å². The minimum atomic E-state index is -0.734. The molecule has 0 aliphatic carbocycles. The third kappa shape index (κ3) is 4.26. The molecule has 1 unspecified atom stereocenters. The summed E-state index contributed by atoms with van der Waals surface area (Å²) in [5, 5.41) is 10.1. The number of methoxy groups -OCH3 is 1. The molecule has 0 heterocycles. The summed E-state index contributed by atoms with van der Waals surface area (Å²) in [5.74, 6) is -0.569. The molecule has 0 fully saturated rings. The van der Waals surface area contributed by atoms with Crippen molar-refractivity contribution in [3.63, 3.8) is 0 Å². The van der Waals surface area contributed by atoms with E-state index in [-0.39, 0.29) is 6.42 Å². The lowest BCUT2D eigenvalue weighted by Gasteiger charge is -2.14. The summed E-state index contributed by atoms with van der Waals surface area (Å²) in [7, 11) is 1.57. The van der Waals surface area contributed by atoms with Crippen LogP contribution in [0.15, 0.2) is 36.4 Å². The Balaban J connectivity index is 2.11. The summed E-state index contributed by atoms with van der Waals surface area (Å²) in [5.41, 5.74) is 2.38. The number of aliphatic hydroxyl groups excluding tert-OH is 1. The topological polar surface area (TPSA) is 29.5 Å². The van der Waals surface area contributed by atoms with Crippen LogP contribution in [0.4, 0.5) is 8.78 Å². The van der Waals surface area contributed by atoms with Gasteiger partial charge in [-0.2, -0.15) is 0 Å². The van der Waals surface area contributed by atoms with Gasteiger partial charge in [-0.1, -0.05) is 17.7 Å². The van der Waals surface area contributed by atoms with E-state index in [0.29, 0.717) is 17.7 Å². The van der Waals surface area contributed by atoms with Crippen molar-refractivity contribution in [3.8, 4) is 5.75 Å². The highest BCUT2D eigenvalue weighted by Crippen LogP contribution is 2.22. The second kappa shape index (κ2) is 6.68. The summed E-state index contributed by atoms with van der Waals surface area (Å²) in [4.78, 5) is 0. The second-order valence-electron chi connectivity index (χ2n) is 5.16. The number of hydrogen-bond acceptors (Lipinski definition) is 2. The first-order valence-corrected chi connectivity index (χ1v) is 6.74. The molecule has 0 aromatic heterocycles. The van der Waals surface area contributed by atoms with E-state index >= 15 is 0 Å². The van der Waals surface area contributed by atoms with Crippen LogP contribution in [0.2, 0.25) is 0 Å². The number of halogens is 2. The van der Waals surface area contributed by atoms with E-state index in [1.165, 1.54) is 12.1 Å². The van der Waals surface area contributed by atoms with Crippen LogP contribution >= 0.6 is 0 Å². The van der Waals surface area contributed by atoms with Gasteiger partial charge in [0.05, 0.1) is 13.2 Å². The van der Waals surface area contributed by atoms with Gasteiger partial charge in [0.1, 0.15) is 17.4 Å². The van der Waals surface area contributed by atoms with Crippen molar-refractivity contribution in [1.82, 2.24) is 0 Å². The van der Waals surface area contributed by atoms with Crippen molar-refractivity contribution in [3.05, 3.63) is 64.7 Å². The van der Waals surface area contributed by atoms with E-state index in [1.807, 2.05) is 25.1 Å². The van der Waals surface area contributed by atoms with Crippen LogP contribution in [0.25, 0.3) is 0 Å². The van der Waals surface area contributed by atoms with Crippen molar-refractivity contribution in [2.45, 2.75) is 25.9 Å². The molecule has 4 heteroatoms. The molecular weight excluding hydrogens is 274 g/mol. The van der Waals surface area contributed by atoms with Crippen LogP contribution in [0.1, 0.15) is 16.7 Å². The minimum absolute atomic E-state index is 0.186. The second-order valence-corrected chi connectivity index (χ2v) is 5.16. The molecule has 2 rings (SSSR count). The summed E-state index contributed by atoms with van der Waals surface area (Å²) in [6, 6.07) is 9.00. The van der Waals surface area contributed by atoms with E-state index in [1.54, 1.807) is 7.11 Å². The van der Waals surface area contributed by atoms with Gasteiger partial charge in [-0.25, -0.2) is 8.78 Å². The molecular formula is C17H18F2O2. The fourth-order valence-electron chi connectivity index (χ4n) is 2.39. The summed E-state index contributed by atoms with van der Waals surface area (Å²) in [6.45, 7) is 1.96. The molecule has 112 valence electrons. The van der Waals surface area contributed by atoms with E-state index < -0.39 is 17.7 Å². The number of hydrogen-bond donors (Lipinski definition) is 1. The Morgan fingerprint density at radius 2 is 1.71 bits per heavy atom. The fourth-order valence-corrected chi connectivity index (χ4v) is 2.39. The highest BCUT2D eigenvalue weighted by molar-refractivity contribution is 5.37. The largest absolute Gasteiger partial charge is 0.496 e. The van der Waals surface area contributed by atoms with Crippen LogP contribution in [0, 0.1) is 18.6 Å². The minimum Gasteiger partial charge on any atom is -0.496 e. The molecule has 2 nitrogen and oxygen atoms in total. The lowest BCUT2D eigenvalue weighted by atomic mass is 9.99. The van der Waals surface area contributed by atoms with E-state index in [0.717, 1.165) is 17.2 Å². The van der Waals surface area contributed by atoms with Gasteiger partial charge in [0.15, 0.2) is 0 Å². The van der Waals surface area contributed by atoms with Crippen molar-refractivity contribution < 1.29 is 18.6 Å². The molecule has 0 aliphatic rings. The quantitative estimate of drug-likeness (QED) is 0.915. The zero-order chi connectivity index (χ0) is 15.4. The first kappa shape index (κ1) is 15.4. The molecule has 0 aliphatic heterocycles. The van der Waals surface area contributed by atoms with Gasteiger partial charge in [-0.15, -0.1) is 0 Å². The molecule has 2 aromatic carbocycles. The summed E-state index contributed by atoms with van der Waals surface area (Å²) < 4.78 is 31.5. The molecule has 0 spiro atoms. The van der Waals surface area contributed by atoms with E-state index in [4.69, 9.17) is 4.74 Å². The number of benzene rings is 2. The van der Waals surface area contributed by atoms with Crippen LogP contribution < -0.4 is 4.74 Å². The van der Waals surface area contributed by atoms with Gasteiger partial charge in [0.2, 0.25) is 0 Å². The number of rotatable bonds is 5. The Kier molecular flexibility index (Phi) is 4.91. The van der Waals surface area contributed by atoms with Gasteiger partial charge >= 0.3 is 0 Å². The third-order valence-electron chi connectivity index (χ3n) is 3.29. The summed E-state index contributed by atoms with van der Waals surface area (Å²) >= 11 is 0. The number of aryl methyl sites for hydroxylation is 1. The average molecular weight is 292 g/mol. The maximum Gasteiger partial charge on any atom is 0.126 e. The summed E-state index contributed by atoms with van der Waals surface area (Å²) in [6.07, 6.45) is -0.184. The zero-order valence-corrected chi connectivity index (χ0v) is 12.1. The van der Waals surface area contributed by atoms with Crippen molar-refractivity contribution in [1.29, 1.82) is 0 Å². The van der Waals surface area contributed by atoms with Gasteiger partial charge in [-0.05, 0) is 42.7 Å². The highest BCUT2D eigenvalue weighted by Gasteiger charge is 2.12. The Hall–Kier alpha value is -1.94. The third-order valence-corrected chi connectivity index (χ3v) is 3.29. The highest BCUT2D eigenvalue weighted by atomic mass is 19.1. The standard InChI is InChI=1S/C17H18F2O2/c1-11-3-4-17(21-2)13(5-11)9-16(20)8-12-6-14(18)10-15(19)7-12/h3-7,10,16,20H,8-9H2,1-2H3. The molecule has 0 amide bonds. The molecule has 1 atom stereocenters. The average Bonchev–Trinajstić information content (AvgIpc) is 2.37. The lowest BCUT2D eigenvalue weighted by molar-refractivity contribution is 0.174. The Morgan fingerprint density at radius 3 is 2.33 bits per heavy atom. The number of ether oxygens (including phenoxy) is 1. The molecule has 0 bridgehead atoms. The van der Waals surface area contributed by atoms with Crippen LogP contribution in [0.3, 0.4) is 0 Å². The van der Waals surface area contributed by atoms with Crippen molar-refractivity contribution in [2.75, 3.05) is 7.11 Å². The molecule has 1 N–H and O–H groups in total. The molecule has 21 heavy (non-hydrogen) atoms. The van der Waals surface area contributed by atoms with Crippen LogP contribution in [-0.2, 0) is 12.8 Å². The molecule has 0 saturated heterocycles. The van der Waals surface area contributed by atoms with Crippen LogP contribution in [-0.4, -0.2) is 18.3 Å². The van der Waals surface area contributed by atoms with Gasteiger partial charge < -0.3 is 9.84 Å². The normalized spacial score (nSPS) is 12.2. The Bertz CT molecular complexity index is 606. The first-order valence-electron chi connectivity index (χ1n) is 6.74.